The molecule has 0 aromatic heterocycles. The first-order chi connectivity index (χ1) is 16.3. The van der Waals surface area contributed by atoms with E-state index in [4.69, 9.17) is 8.92 Å². The third-order valence-electron chi connectivity index (χ3n) is 10.9. The molecule has 9 heteroatoms. The number of allylic oxidation sites excluding steroid dienone is 2. The Morgan fingerprint density at radius 3 is 2.44 bits per heavy atom. The summed E-state index contributed by atoms with van der Waals surface area (Å²) in [5.41, 5.74) is 1.24. The minimum atomic E-state index is -5.00. The molecule has 5 rings (SSSR count). The van der Waals surface area contributed by atoms with Crippen LogP contribution in [0.5, 0.6) is 0 Å². The second-order valence-electron chi connectivity index (χ2n) is 13.2. The standard InChI is InChI=1S/C27H44O7S.Na/c1-14(2)12-22-24(33-22)15(3)17-8-9-18-16-6-7-20-25(34-35(30,31)32)23(29)21(28)13-27(20,5)19(16)10-11-26(17,18)4;/h6,14-15,17-25,28-29H,7-13H2,1-5H3,(H,30,31,32);/q;+1/p-1/t15-,17+,18?,19?,20?,21+,22-,23-,24-,25-,26+,27+;/m0./s1. The van der Waals surface area contributed by atoms with Gasteiger partial charge in [-0.1, -0.05) is 46.3 Å². The van der Waals surface area contributed by atoms with Gasteiger partial charge in [-0.15, -0.1) is 0 Å². The Hall–Kier alpha value is 0.490. The van der Waals surface area contributed by atoms with Crippen LogP contribution in [0, 0.1) is 46.3 Å². The predicted molar refractivity (Wildman–Crippen MR) is 130 cm³/mol. The van der Waals surface area contributed by atoms with Crippen molar-refractivity contribution in [2.45, 2.75) is 110 Å². The van der Waals surface area contributed by atoms with Gasteiger partial charge in [0.1, 0.15) is 12.2 Å². The van der Waals surface area contributed by atoms with Crippen LogP contribution in [0.1, 0.15) is 79.6 Å². The minimum absolute atomic E-state index is 0. The molecule has 7 nitrogen and oxygen atoms in total. The molecule has 2 N–H and O–H groups in total. The number of aliphatic hydroxyl groups is 2. The summed E-state index contributed by atoms with van der Waals surface area (Å²) in [7, 11) is -5.00. The van der Waals surface area contributed by atoms with Crippen molar-refractivity contribution in [1.29, 1.82) is 0 Å². The second kappa shape index (κ2) is 10.2. The van der Waals surface area contributed by atoms with Crippen LogP contribution in [0.4, 0.5) is 0 Å². The van der Waals surface area contributed by atoms with Gasteiger partial charge < -0.3 is 19.5 Å². The molecule has 4 aliphatic carbocycles. The van der Waals surface area contributed by atoms with Gasteiger partial charge in [-0.25, -0.2) is 8.42 Å². The summed E-state index contributed by atoms with van der Waals surface area (Å²) in [6, 6.07) is 0. The topological polar surface area (TPSA) is 119 Å². The minimum Gasteiger partial charge on any atom is -0.726 e. The summed E-state index contributed by atoms with van der Waals surface area (Å²) in [6.07, 6.45) is 5.81. The molecule has 1 aliphatic heterocycles. The van der Waals surface area contributed by atoms with E-state index >= 15 is 0 Å². The fourth-order valence-electron chi connectivity index (χ4n) is 9.28. The number of rotatable bonds is 6. The Morgan fingerprint density at radius 2 is 1.81 bits per heavy atom. The molecular formula is C27H43NaO7S. The average molecular weight is 535 g/mol. The van der Waals surface area contributed by atoms with Crippen LogP contribution in [-0.2, 0) is 19.3 Å². The molecule has 12 atom stereocenters. The Morgan fingerprint density at radius 1 is 1.14 bits per heavy atom. The first kappa shape index (κ1) is 29.5. The molecule has 1 heterocycles. The smallest absolute Gasteiger partial charge is 0.726 e. The van der Waals surface area contributed by atoms with Crippen LogP contribution >= 0.6 is 0 Å². The molecule has 0 radical (unpaired) electrons. The van der Waals surface area contributed by atoms with Gasteiger partial charge in [-0.2, -0.15) is 0 Å². The Kier molecular flexibility index (Phi) is 8.31. The Balaban J connectivity index is 0.00000304. The van der Waals surface area contributed by atoms with Gasteiger partial charge in [-0.3, -0.25) is 4.18 Å². The molecule has 0 bridgehead atoms. The number of hydrogen-bond donors (Lipinski definition) is 2. The van der Waals surface area contributed by atoms with E-state index in [1.165, 1.54) is 12.0 Å². The molecule has 0 aromatic carbocycles. The zero-order valence-electron chi connectivity index (χ0n) is 22.7. The van der Waals surface area contributed by atoms with Crippen LogP contribution in [0.2, 0.25) is 0 Å². The van der Waals surface area contributed by atoms with Crippen molar-refractivity contribution in [3.63, 3.8) is 0 Å². The van der Waals surface area contributed by atoms with Gasteiger partial charge >= 0.3 is 29.6 Å². The van der Waals surface area contributed by atoms with Gasteiger partial charge in [0.15, 0.2) is 0 Å². The van der Waals surface area contributed by atoms with Crippen LogP contribution in [-0.4, -0.2) is 53.7 Å². The molecule has 3 saturated carbocycles. The van der Waals surface area contributed by atoms with Crippen LogP contribution < -0.4 is 29.6 Å². The maximum Gasteiger partial charge on any atom is 1.00 e. The molecule has 0 amide bonds. The maximum atomic E-state index is 11.5. The van der Waals surface area contributed by atoms with Crippen molar-refractivity contribution in [1.82, 2.24) is 0 Å². The van der Waals surface area contributed by atoms with E-state index in [9.17, 15) is 23.2 Å². The monoisotopic (exact) mass is 534 g/mol. The second-order valence-corrected chi connectivity index (χ2v) is 14.3. The molecule has 36 heavy (non-hydrogen) atoms. The number of fused-ring (bicyclic) bond motifs is 5. The summed E-state index contributed by atoms with van der Waals surface area (Å²) in [6.45, 7) is 11.5. The summed E-state index contributed by atoms with van der Waals surface area (Å²) in [5, 5.41) is 21.2. The summed E-state index contributed by atoms with van der Waals surface area (Å²) in [4.78, 5) is 0. The zero-order valence-corrected chi connectivity index (χ0v) is 25.5. The first-order valence-electron chi connectivity index (χ1n) is 13.6. The summed E-state index contributed by atoms with van der Waals surface area (Å²) >= 11 is 0. The van der Waals surface area contributed by atoms with Crippen LogP contribution in [0.25, 0.3) is 0 Å². The van der Waals surface area contributed by atoms with Crippen LogP contribution in [0.3, 0.4) is 0 Å². The van der Waals surface area contributed by atoms with Crippen molar-refractivity contribution in [2.24, 2.45) is 46.3 Å². The van der Waals surface area contributed by atoms with Gasteiger partial charge in [-0.05, 0) is 91.3 Å². The van der Waals surface area contributed by atoms with Crippen molar-refractivity contribution >= 4 is 10.4 Å². The van der Waals surface area contributed by atoms with E-state index in [0.29, 0.717) is 48.7 Å². The van der Waals surface area contributed by atoms with E-state index in [1.807, 2.05) is 0 Å². The number of aliphatic hydroxyl groups excluding tert-OH is 2. The normalized spacial score (nSPS) is 48.8. The van der Waals surface area contributed by atoms with Gasteiger partial charge in [0.25, 0.3) is 0 Å². The molecular weight excluding hydrogens is 491 g/mol. The average Bonchev–Trinajstić information content (AvgIpc) is 3.40. The van der Waals surface area contributed by atoms with E-state index < -0.39 is 34.1 Å². The van der Waals surface area contributed by atoms with E-state index in [2.05, 4.69) is 40.7 Å². The van der Waals surface area contributed by atoms with Gasteiger partial charge in [0, 0.05) is 0 Å². The predicted octanol–water partition coefficient (Wildman–Crippen LogP) is 0.806. The van der Waals surface area contributed by atoms with E-state index in [-0.39, 0.29) is 46.8 Å². The molecule has 4 fully saturated rings. The zero-order chi connectivity index (χ0) is 25.5. The third-order valence-corrected chi connectivity index (χ3v) is 11.4. The summed E-state index contributed by atoms with van der Waals surface area (Å²) in [5.74, 6) is 2.14. The third kappa shape index (κ3) is 4.94. The molecule has 200 valence electrons. The fourth-order valence-corrected chi connectivity index (χ4v) is 9.80. The van der Waals surface area contributed by atoms with Crippen molar-refractivity contribution in [2.75, 3.05) is 0 Å². The fraction of sp³-hybridized carbons (Fsp3) is 0.926. The summed E-state index contributed by atoms with van der Waals surface area (Å²) < 4.78 is 45.4. The number of ether oxygens (including phenoxy) is 1. The largest absolute Gasteiger partial charge is 1.00 e. The molecule has 5 aliphatic rings. The molecule has 0 spiro atoms. The van der Waals surface area contributed by atoms with Crippen molar-refractivity contribution < 1.29 is 61.7 Å². The van der Waals surface area contributed by atoms with Crippen molar-refractivity contribution in [3.8, 4) is 0 Å². The Bertz CT molecular complexity index is 969. The SMILES string of the molecule is CC(C)C[C@@H]1O[C@H]1[C@@H](C)[C@H]1CCC2C3=CCC4[C@H](OS(=O)(=O)[O-])[C@@H](O)[C@H](O)C[C@]4(C)C3CC[C@@]21C.[Na+]. The maximum absolute atomic E-state index is 11.5. The Labute approximate surface area is 239 Å². The first-order valence-corrected chi connectivity index (χ1v) is 14.9. The van der Waals surface area contributed by atoms with E-state index in [0.717, 1.165) is 25.7 Å². The van der Waals surface area contributed by atoms with Gasteiger partial charge in [0.2, 0.25) is 10.4 Å². The molecule has 3 unspecified atom stereocenters. The van der Waals surface area contributed by atoms with Crippen molar-refractivity contribution in [3.05, 3.63) is 11.6 Å². The number of hydrogen-bond acceptors (Lipinski definition) is 7. The van der Waals surface area contributed by atoms with E-state index in [1.54, 1.807) is 0 Å². The molecule has 1 saturated heterocycles. The molecule has 0 aromatic rings. The van der Waals surface area contributed by atoms with Crippen LogP contribution in [0.15, 0.2) is 11.6 Å². The van der Waals surface area contributed by atoms with Gasteiger partial charge in [0.05, 0.1) is 18.3 Å². The quantitative estimate of drug-likeness (QED) is 0.170. The number of epoxide rings is 1.